The van der Waals surface area contributed by atoms with Gasteiger partial charge >= 0.3 is 0 Å². The summed E-state index contributed by atoms with van der Waals surface area (Å²) < 4.78 is 14.5. The predicted octanol–water partition coefficient (Wildman–Crippen LogP) is 2.52. The maximum absolute atomic E-state index is 13.0. The molecule has 0 atom stereocenters. The zero-order valence-corrected chi connectivity index (χ0v) is 7.63. The van der Waals surface area contributed by atoms with Gasteiger partial charge in [0.05, 0.1) is 4.92 Å². The number of aromatic nitrogens is 1. The van der Waals surface area contributed by atoms with Gasteiger partial charge in [0.1, 0.15) is 11.5 Å². The Morgan fingerprint density at radius 2 is 1.93 bits per heavy atom. The van der Waals surface area contributed by atoms with Crippen molar-refractivity contribution in [2.75, 3.05) is 0 Å². The Kier molecular flexibility index (Phi) is 2.21. The third-order valence-electron chi connectivity index (χ3n) is 2.02. The molecule has 2 rings (SSSR count). The molecule has 0 bridgehead atoms. The summed E-state index contributed by atoms with van der Waals surface area (Å²) in [5, 5.41) is 10.7. The van der Waals surface area contributed by atoms with Crippen LogP contribution in [0, 0.1) is 15.9 Å². The van der Waals surface area contributed by atoms with Crippen molar-refractivity contribution in [2.45, 2.75) is 0 Å². The molecule has 4 nitrogen and oxygen atoms in total. The maximum Gasteiger partial charge on any atom is 0.293 e. The van der Waals surface area contributed by atoms with E-state index in [0.717, 1.165) is 18.2 Å². The smallest absolute Gasteiger partial charge is 0.293 e. The van der Waals surface area contributed by atoms with Crippen LogP contribution >= 0.6 is 0 Å². The molecule has 0 saturated heterocycles. The van der Waals surface area contributed by atoms with Crippen molar-refractivity contribution >= 4 is 5.69 Å². The van der Waals surface area contributed by atoms with Crippen molar-refractivity contribution in [3.8, 4) is 5.69 Å². The van der Waals surface area contributed by atoms with E-state index in [1.54, 1.807) is 24.5 Å². The zero-order valence-electron chi connectivity index (χ0n) is 7.63. The van der Waals surface area contributed by atoms with Crippen LogP contribution in [0.1, 0.15) is 0 Å². The number of nitrogens with zero attached hydrogens (tertiary/aromatic N) is 2. The Morgan fingerprint density at radius 3 is 2.53 bits per heavy atom. The van der Waals surface area contributed by atoms with Gasteiger partial charge in [-0.3, -0.25) is 10.1 Å². The molecule has 0 unspecified atom stereocenters. The Balaban J connectivity index is 2.63. The van der Waals surface area contributed by atoms with Crippen LogP contribution in [0.4, 0.5) is 10.1 Å². The first-order valence-electron chi connectivity index (χ1n) is 4.26. The Bertz CT molecular complexity index is 494. The standard InChI is InChI=1S/C10H7FN2O2/c11-8-3-4-9(13(14)15)10(7-8)12-5-1-2-6-12/h1-7H. The molecule has 0 aliphatic rings. The van der Waals surface area contributed by atoms with E-state index in [1.807, 2.05) is 0 Å². The molecule has 2 aromatic rings. The van der Waals surface area contributed by atoms with Gasteiger partial charge in [-0.2, -0.15) is 0 Å². The number of benzene rings is 1. The molecule has 76 valence electrons. The number of nitro groups is 1. The van der Waals surface area contributed by atoms with Crippen LogP contribution in [0.5, 0.6) is 0 Å². The number of hydrogen-bond donors (Lipinski definition) is 0. The van der Waals surface area contributed by atoms with Gasteiger partial charge in [-0.05, 0) is 18.2 Å². The van der Waals surface area contributed by atoms with Gasteiger partial charge in [0, 0.05) is 24.5 Å². The lowest BCUT2D eigenvalue weighted by molar-refractivity contribution is -0.384. The van der Waals surface area contributed by atoms with Crippen molar-refractivity contribution in [3.05, 3.63) is 58.7 Å². The molecular weight excluding hydrogens is 199 g/mol. The lowest BCUT2D eigenvalue weighted by atomic mass is 10.2. The summed E-state index contributed by atoms with van der Waals surface area (Å²) in [6, 6.07) is 6.80. The molecule has 0 amide bonds. The van der Waals surface area contributed by atoms with Crippen molar-refractivity contribution in [1.29, 1.82) is 0 Å². The average Bonchev–Trinajstić information content (AvgIpc) is 2.69. The second-order valence-electron chi connectivity index (χ2n) is 2.98. The third kappa shape index (κ3) is 1.71. The van der Waals surface area contributed by atoms with Gasteiger partial charge in [-0.15, -0.1) is 0 Å². The number of rotatable bonds is 2. The van der Waals surface area contributed by atoms with Crippen LogP contribution in [0.2, 0.25) is 0 Å². The number of halogens is 1. The fraction of sp³-hybridized carbons (Fsp3) is 0. The Morgan fingerprint density at radius 1 is 1.27 bits per heavy atom. The molecule has 0 saturated carbocycles. The summed E-state index contributed by atoms with van der Waals surface area (Å²) in [5.41, 5.74) is 0.109. The molecule has 1 aromatic heterocycles. The fourth-order valence-electron chi connectivity index (χ4n) is 1.35. The highest BCUT2D eigenvalue weighted by Gasteiger charge is 2.14. The van der Waals surface area contributed by atoms with Crippen molar-refractivity contribution in [3.63, 3.8) is 0 Å². The molecule has 0 aliphatic carbocycles. The van der Waals surface area contributed by atoms with E-state index < -0.39 is 10.7 Å². The first-order valence-corrected chi connectivity index (χ1v) is 4.26. The number of nitro benzene ring substituents is 1. The summed E-state index contributed by atoms with van der Waals surface area (Å²) in [7, 11) is 0. The third-order valence-corrected chi connectivity index (χ3v) is 2.02. The minimum atomic E-state index is -0.533. The van der Waals surface area contributed by atoms with Crippen LogP contribution in [-0.4, -0.2) is 9.49 Å². The molecule has 1 heterocycles. The molecule has 5 heteroatoms. The van der Waals surface area contributed by atoms with E-state index in [1.165, 1.54) is 4.57 Å². The number of hydrogen-bond acceptors (Lipinski definition) is 2. The molecule has 0 aliphatic heterocycles. The highest BCUT2D eigenvalue weighted by atomic mass is 19.1. The van der Waals surface area contributed by atoms with Gasteiger partial charge in [-0.25, -0.2) is 4.39 Å². The van der Waals surface area contributed by atoms with Crippen LogP contribution in [0.3, 0.4) is 0 Å². The minimum absolute atomic E-state index is 0.118. The Labute approximate surface area is 84.7 Å². The monoisotopic (exact) mass is 206 g/mol. The van der Waals surface area contributed by atoms with Crippen molar-refractivity contribution in [1.82, 2.24) is 4.57 Å². The minimum Gasteiger partial charge on any atom is -0.318 e. The first kappa shape index (κ1) is 9.39. The van der Waals surface area contributed by atoms with Gasteiger partial charge in [0.2, 0.25) is 0 Å². The maximum atomic E-state index is 13.0. The highest BCUT2D eigenvalue weighted by molar-refractivity contribution is 5.52. The second-order valence-corrected chi connectivity index (χ2v) is 2.98. The van der Waals surface area contributed by atoms with E-state index in [0.29, 0.717) is 0 Å². The van der Waals surface area contributed by atoms with Crippen LogP contribution in [0.25, 0.3) is 5.69 Å². The zero-order chi connectivity index (χ0) is 10.8. The summed E-state index contributed by atoms with van der Waals surface area (Å²) in [6.07, 6.45) is 3.25. The largest absolute Gasteiger partial charge is 0.318 e. The fourth-order valence-corrected chi connectivity index (χ4v) is 1.35. The van der Waals surface area contributed by atoms with Gasteiger partial charge in [-0.1, -0.05) is 0 Å². The van der Waals surface area contributed by atoms with Gasteiger partial charge < -0.3 is 4.57 Å². The SMILES string of the molecule is O=[N+]([O-])c1ccc(F)cc1-n1cccc1. The van der Waals surface area contributed by atoms with E-state index in [9.17, 15) is 14.5 Å². The van der Waals surface area contributed by atoms with E-state index in [-0.39, 0.29) is 11.4 Å². The van der Waals surface area contributed by atoms with Gasteiger partial charge in [0.15, 0.2) is 0 Å². The molecule has 1 aromatic carbocycles. The topological polar surface area (TPSA) is 48.1 Å². The second kappa shape index (κ2) is 3.53. The van der Waals surface area contributed by atoms with Gasteiger partial charge in [0.25, 0.3) is 5.69 Å². The van der Waals surface area contributed by atoms with Crippen molar-refractivity contribution in [2.24, 2.45) is 0 Å². The quantitative estimate of drug-likeness (QED) is 0.560. The van der Waals surface area contributed by atoms with E-state index in [2.05, 4.69) is 0 Å². The lowest BCUT2D eigenvalue weighted by Gasteiger charge is -2.03. The molecule has 15 heavy (non-hydrogen) atoms. The summed E-state index contributed by atoms with van der Waals surface area (Å²) >= 11 is 0. The van der Waals surface area contributed by atoms with E-state index >= 15 is 0 Å². The lowest BCUT2D eigenvalue weighted by Crippen LogP contribution is -1.98. The summed E-state index contributed by atoms with van der Waals surface area (Å²) in [5.74, 6) is -0.496. The Hall–Kier alpha value is -2.17. The average molecular weight is 206 g/mol. The highest BCUT2D eigenvalue weighted by Crippen LogP contribution is 2.23. The molecule has 0 N–H and O–H groups in total. The molecular formula is C10H7FN2O2. The van der Waals surface area contributed by atoms with Crippen LogP contribution in [0.15, 0.2) is 42.7 Å². The first-order chi connectivity index (χ1) is 7.18. The normalized spacial score (nSPS) is 10.2. The molecule has 0 fully saturated rings. The van der Waals surface area contributed by atoms with Crippen molar-refractivity contribution < 1.29 is 9.31 Å². The summed E-state index contributed by atoms with van der Waals surface area (Å²) in [4.78, 5) is 10.2. The molecule has 0 spiro atoms. The van der Waals surface area contributed by atoms with Crippen LogP contribution in [-0.2, 0) is 0 Å². The molecule has 0 radical (unpaired) electrons. The summed E-state index contributed by atoms with van der Waals surface area (Å²) in [6.45, 7) is 0. The van der Waals surface area contributed by atoms with E-state index in [4.69, 9.17) is 0 Å². The van der Waals surface area contributed by atoms with Crippen LogP contribution < -0.4 is 0 Å². The predicted molar refractivity (Wildman–Crippen MR) is 52.4 cm³/mol.